The number of hydrogen-bond donors (Lipinski definition) is 2. The number of alkyl halides is 2. The third-order valence-corrected chi connectivity index (χ3v) is 2.35. The summed E-state index contributed by atoms with van der Waals surface area (Å²) in [4.78, 5) is 7.84. The molecule has 5 nitrogen and oxygen atoms in total. The highest BCUT2D eigenvalue weighted by molar-refractivity contribution is 5.27. The summed E-state index contributed by atoms with van der Waals surface area (Å²) in [6.07, 6.45) is 0.0672. The van der Waals surface area contributed by atoms with E-state index in [9.17, 15) is 8.78 Å². The minimum Gasteiger partial charge on any atom is -0.473 e. The first-order valence-electron chi connectivity index (χ1n) is 5.46. The topological polar surface area (TPSA) is 59.1 Å². The van der Waals surface area contributed by atoms with Gasteiger partial charge in [0.25, 0.3) is 6.43 Å². The van der Waals surface area contributed by atoms with Gasteiger partial charge in [-0.25, -0.2) is 13.8 Å². The van der Waals surface area contributed by atoms with Gasteiger partial charge in [0.15, 0.2) is 0 Å². The fourth-order valence-corrected chi connectivity index (χ4v) is 1.56. The fourth-order valence-electron chi connectivity index (χ4n) is 1.56. The highest BCUT2D eigenvalue weighted by Crippen LogP contribution is 2.13. The molecule has 0 spiro atoms. The van der Waals surface area contributed by atoms with E-state index in [2.05, 4.69) is 20.6 Å². The molecule has 1 aromatic heterocycles. The van der Waals surface area contributed by atoms with Gasteiger partial charge in [-0.05, 0) is 13.0 Å². The van der Waals surface area contributed by atoms with Crippen LogP contribution in [0.4, 0.5) is 14.7 Å². The van der Waals surface area contributed by atoms with Crippen molar-refractivity contribution in [1.82, 2.24) is 15.3 Å². The quantitative estimate of drug-likeness (QED) is 0.805. The van der Waals surface area contributed by atoms with E-state index in [1.54, 1.807) is 6.07 Å². The van der Waals surface area contributed by atoms with E-state index in [0.717, 1.165) is 19.5 Å². The Morgan fingerprint density at radius 1 is 1.59 bits per heavy atom. The minimum absolute atomic E-state index is 0.0906. The molecule has 1 atom stereocenters. The molecular formula is C10H14F2N4O. The Kier molecular flexibility index (Phi) is 4.03. The number of ether oxygens (including phenoxy) is 1. The molecule has 0 bridgehead atoms. The first-order chi connectivity index (χ1) is 8.24. The molecule has 0 aliphatic carbocycles. The lowest BCUT2D eigenvalue weighted by Crippen LogP contribution is -2.20. The number of nitrogens with one attached hydrogen (secondary N) is 2. The van der Waals surface area contributed by atoms with Crippen molar-refractivity contribution in [2.24, 2.45) is 0 Å². The lowest BCUT2D eigenvalue weighted by molar-refractivity contribution is 0.163. The van der Waals surface area contributed by atoms with Crippen LogP contribution in [0.15, 0.2) is 12.3 Å². The van der Waals surface area contributed by atoms with Gasteiger partial charge in [-0.2, -0.15) is 4.98 Å². The minimum atomic E-state index is -2.43. The van der Waals surface area contributed by atoms with Crippen LogP contribution < -0.4 is 15.4 Å². The summed E-state index contributed by atoms with van der Waals surface area (Å²) in [6.45, 7) is 1.24. The summed E-state index contributed by atoms with van der Waals surface area (Å²) >= 11 is 0. The van der Waals surface area contributed by atoms with Crippen molar-refractivity contribution >= 4 is 5.95 Å². The fraction of sp³-hybridized carbons (Fsp3) is 0.600. The van der Waals surface area contributed by atoms with Gasteiger partial charge in [0.1, 0.15) is 6.10 Å². The number of hydrogen-bond acceptors (Lipinski definition) is 5. The van der Waals surface area contributed by atoms with Crippen LogP contribution in [0.2, 0.25) is 0 Å². The molecule has 1 aliphatic heterocycles. The maximum Gasteiger partial charge on any atom is 0.255 e. The average Bonchev–Trinajstić information content (AvgIpc) is 2.80. The second-order valence-corrected chi connectivity index (χ2v) is 3.72. The normalized spacial score (nSPS) is 19.6. The van der Waals surface area contributed by atoms with Gasteiger partial charge in [0.2, 0.25) is 11.8 Å². The monoisotopic (exact) mass is 244 g/mol. The van der Waals surface area contributed by atoms with E-state index in [4.69, 9.17) is 4.74 Å². The highest BCUT2D eigenvalue weighted by atomic mass is 19.3. The van der Waals surface area contributed by atoms with Crippen molar-refractivity contribution in [2.45, 2.75) is 19.0 Å². The Balaban J connectivity index is 1.91. The predicted octanol–water partition coefficient (Wildman–Crippen LogP) is 0.894. The van der Waals surface area contributed by atoms with E-state index in [0.29, 0.717) is 5.88 Å². The zero-order chi connectivity index (χ0) is 12.1. The molecule has 0 saturated carbocycles. The number of halogens is 2. The molecule has 1 aromatic rings. The molecule has 7 heteroatoms. The van der Waals surface area contributed by atoms with Gasteiger partial charge in [-0.15, -0.1) is 0 Å². The lowest BCUT2D eigenvalue weighted by Gasteiger charge is -2.12. The summed E-state index contributed by atoms with van der Waals surface area (Å²) in [6, 6.07) is 1.62. The smallest absolute Gasteiger partial charge is 0.255 e. The van der Waals surface area contributed by atoms with Gasteiger partial charge >= 0.3 is 0 Å². The zero-order valence-corrected chi connectivity index (χ0v) is 9.20. The molecule has 0 amide bonds. The van der Waals surface area contributed by atoms with Crippen LogP contribution >= 0.6 is 0 Å². The number of rotatable bonds is 5. The SMILES string of the molecule is FC(F)CNc1nccc(OC2CCNC2)n1. The van der Waals surface area contributed by atoms with Crippen LogP contribution in [0, 0.1) is 0 Å². The van der Waals surface area contributed by atoms with Crippen molar-refractivity contribution in [2.75, 3.05) is 25.0 Å². The molecule has 0 radical (unpaired) electrons. The largest absolute Gasteiger partial charge is 0.473 e. The van der Waals surface area contributed by atoms with E-state index < -0.39 is 13.0 Å². The van der Waals surface area contributed by atoms with Crippen LogP contribution in [-0.4, -0.2) is 42.1 Å². The van der Waals surface area contributed by atoms with Gasteiger partial charge in [0, 0.05) is 18.8 Å². The predicted molar refractivity (Wildman–Crippen MR) is 58.4 cm³/mol. The maximum atomic E-state index is 12.0. The van der Waals surface area contributed by atoms with E-state index in [1.165, 1.54) is 6.20 Å². The molecule has 1 aliphatic rings. The number of anilines is 1. The first kappa shape index (κ1) is 12.0. The molecule has 0 aromatic carbocycles. The summed E-state index contributed by atoms with van der Waals surface area (Å²) in [7, 11) is 0. The third kappa shape index (κ3) is 3.77. The molecule has 1 saturated heterocycles. The Morgan fingerprint density at radius 2 is 2.47 bits per heavy atom. The molecule has 1 unspecified atom stereocenters. The standard InChI is InChI=1S/C10H14F2N4O/c11-8(12)6-15-10-14-4-2-9(16-10)17-7-1-3-13-5-7/h2,4,7-8,13H,1,3,5-6H2,(H,14,15,16). The van der Waals surface area contributed by atoms with Crippen LogP contribution in [0.1, 0.15) is 6.42 Å². The molecule has 17 heavy (non-hydrogen) atoms. The average molecular weight is 244 g/mol. The van der Waals surface area contributed by atoms with Crippen LogP contribution in [-0.2, 0) is 0 Å². The Hall–Kier alpha value is -1.50. The van der Waals surface area contributed by atoms with Crippen LogP contribution in [0.25, 0.3) is 0 Å². The van der Waals surface area contributed by atoms with Gasteiger partial charge in [-0.3, -0.25) is 0 Å². The van der Waals surface area contributed by atoms with Gasteiger partial charge in [0.05, 0.1) is 6.54 Å². The van der Waals surface area contributed by atoms with Crippen molar-refractivity contribution in [3.8, 4) is 5.88 Å². The Labute approximate surface area is 97.6 Å². The molecule has 94 valence electrons. The summed E-state index contributed by atoms with van der Waals surface area (Å²) in [5.74, 6) is 0.569. The van der Waals surface area contributed by atoms with Crippen molar-refractivity contribution in [3.63, 3.8) is 0 Å². The molecule has 2 N–H and O–H groups in total. The van der Waals surface area contributed by atoms with Crippen molar-refractivity contribution < 1.29 is 13.5 Å². The van der Waals surface area contributed by atoms with Crippen LogP contribution in [0.3, 0.4) is 0 Å². The van der Waals surface area contributed by atoms with Crippen LogP contribution in [0.5, 0.6) is 5.88 Å². The van der Waals surface area contributed by atoms with E-state index in [-0.39, 0.29) is 12.1 Å². The molecule has 2 heterocycles. The van der Waals surface area contributed by atoms with Crippen molar-refractivity contribution in [3.05, 3.63) is 12.3 Å². The zero-order valence-electron chi connectivity index (χ0n) is 9.20. The number of aromatic nitrogens is 2. The second-order valence-electron chi connectivity index (χ2n) is 3.72. The number of nitrogens with zero attached hydrogens (tertiary/aromatic N) is 2. The first-order valence-corrected chi connectivity index (χ1v) is 5.46. The molecule has 2 rings (SSSR count). The third-order valence-electron chi connectivity index (χ3n) is 2.35. The second kappa shape index (κ2) is 5.72. The Bertz CT molecular complexity index is 358. The van der Waals surface area contributed by atoms with Gasteiger partial charge < -0.3 is 15.4 Å². The summed E-state index contributed by atoms with van der Waals surface area (Å²) in [5.41, 5.74) is 0. The van der Waals surface area contributed by atoms with E-state index >= 15 is 0 Å². The highest BCUT2D eigenvalue weighted by Gasteiger charge is 2.16. The molecule has 1 fully saturated rings. The maximum absolute atomic E-state index is 12.0. The molecular weight excluding hydrogens is 230 g/mol. The summed E-state index contributed by atoms with van der Waals surface area (Å²) < 4.78 is 29.6. The van der Waals surface area contributed by atoms with Gasteiger partial charge in [-0.1, -0.05) is 0 Å². The Morgan fingerprint density at radius 3 is 3.18 bits per heavy atom. The van der Waals surface area contributed by atoms with Crippen molar-refractivity contribution in [1.29, 1.82) is 0 Å². The summed E-state index contributed by atoms with van der Waals surface area (Å²) in [5, 5.41) is 5.61. The lowest BCUT2D eigenvalue weighted by atomic mass is 10.3. The van der Waals surface area contributed by atoms with E-state index in [1.807, 2.05) is 0 Å².